The quantitative estimate of drug-likeness (QED) is 0.620. The summed E-state index contributed by atoms with van der Waals surface area (Å²) in [5, 5.41) is 2.71. The van der Waals surface area contributed by atoms with Gasteiger partial charge < -0.3 is 5.32 Å². The van der Waals surface area contributed by atoms with Crippen molar-refractivity contribution < 1.29 is 9.59 Å². The van der Waals surface area contributed by atoms with E-state index in [1.165, 1.54) is 38.2 Å². The molecule has 1 aromatic carbocycles. The van der Waals surface area contributed by atoms with E-state index >= 15 is 0 Å². The molecule has 1 saturated carbocycles. The maximum Gasteiger partial charge on any atom is 0.247 e. The Kier molecular flexibility index (Phi) is 5.93. The largest absolute Gasteiger partial charge is 0.323 e. The molecule has 0 aromatic heterocycles. The third-order valence-corrected chi connectivity index (χ3v) is 4.49. The van der Waals surface area contributed by atoms with Crippen LogP contribution in [0.2, 0.25) is 0 Å². The predicted octanol–water partition coefficient (Wildman–Crippen LogP) is 4.53. The number of carbonyl (C=O) groups excluding carboxylic acids is 2. The lowest BCUT2D eigenvalue weighted by Crippen LogP contribution is -2.11. The van der Waals surface area contributed by atoms with Gasteiger partial charge in [0.25, 0.3) is 0 Å². The third-order valence-electron chi connectivity index (χ3n) is 4.49. The summed E-state index contributed by atoms with van der Waals surface area (Å²) in [6.07, 6.45) is 10.0. The molecular formula is C19H25NO2. The van der Waals surface area contributed by atoms with Crippen LogP contribution in [0.1, 0.15) is 61.4 Å². The van der Waals surface area contributed by atoms with Crippen LogP contribution in [-0.2, 0) is 11.2 Å². The van der Waals surface area contributed by atoms with Crippen molar-refractivity contribution in [3.05, 3.63) is 42.0 Å². The van der Waals surface area contributed by atoms with Crippen molar-refractivity contribution in [3.63, 3.8) is 0 Å². The minimum absolute atomic E-state index is 0.0494. The minimum atomic E-state index is -0.260. The van der Waals surface area contributed by atoms with Gasteiger partial charge in [-0.2, -0.15) is 0 Å². The average Bonchev–Trinajstić information content (AvgIpc) is 2.54. The first-order chi connectivity index (χ1) is 10.6. The number of hydrogen-bond donors (Lipinski definition) is 1. The molecule has 22 heavy (non-hydrogen) atoms. The number of anilines is 1. The highest BCUT2D eigenvalue weighted by Crippen LogP contribution is 2.28. The zero-order valence-corrected chi connectivity index (χ0v) is 13.4. The first-order valence-electron chi connectivity index (χ1n) is 8.17. The average molecular weight is 299 g/mol. The lowest BCUT2D eigenvalue weighted by atomic mass is 9.84. The van der Waals surface area contributed by atoms with E-state index in [1.807, 2.05) is 12.1 Å². The molecule has 3 nitrogen and oxygen atoms in total. The maximum absolute atomic E-state index is 11.9. The Balaban J connectivity index is 2.07. The second kappa shape index (κ2) is 7.92. The van der Waals surface area contributed by atoms with Gasteiger partial charge in [-0.05, 0) is 49.5 Å². The number of hydrogen-bond acceptors (Lipinski definition) is 2. The molecule has 0 spiro atoms. The van der Waals surface area contributed by atoms with Gasteiger partial charge in [-0.15, -0.1) is 0 Å². The van der Waals surface area contributed by atoms with Crippen molar-refractivity contribution in [2.24, 2.45) is 5.92 Å². The summed E-state index contributed by atoms with van der Waals surface area (Å²) in [4.78, 5) is 23.3. The van der Waals surface area contributed by atoms with E-state index in [0.717, 1.165) is 29.9 Å². The molecule has 0 unspecified atom stereocenters. The van der Waals surface area contributed by atoms with Gasteiger partial charge in [0.05, 0.1) is 0 Å². The van der Waals surface area contributed by atoms with E-state index in [4.69, 9.17) is 0 Å². The van der Waals surface area contributed by atoms with Crippen molar-refractivity contribution in [1.82, 2.24) is 0 Å². The molecule has 0 saturated heterocycles. The first-order valence-corrected chi connectivity index (χ1v) is 8.17. The van der Waals surface area contributed by atoms with Crippen LogP contribution in [0.4, 0.5) is 5.69 Å². The minimum Gasteiger partial charge on any atom is -0.323 e. The molecule has 1 fully saturated rings. The van der Waals surface area contributed by atoms with E-state index in [9.17, 15) is 9.59 Å². The van der Waals surface area contributed by atoms with Crippen LogP contribution in [0, 0.1) is 5.92 Å². The van der Waals surface area contributed by atoms with Crippen molar-refractivity contribution in [2.75, 3.05) is 5.32 Å². The van der Waals surface area contributed by atoms with Crippen LogP contribution in [-0.4, -0.2) is 11.7 Å². The van der Waals surface area contributed by atoms with Crippen molar-refractivity contribution >= 4 is 17.4 Å². The number of rotatable bonds is 6. The molecule has 3 heteroatoms. The number of nitrogens with one attached hydrogen (secondary N) is 1. The van der Waals surface area contributed by atoms with Gasteiger partial charge in [0, 0.05) is 11.3 Å². The molecule has 0 bridgehead atoms. The Bertz CT molecular complexity index is 557. The molecule has 0 aliphatic heterocycles. The monoisotopic (exact) mass is 299 g/mol. The standard InChI is InChI=1S/C19H25NO2/c1-3-19(22)20-17-12-11-16(18(13-17)14(2)21)10-9-15-7-5-4-6-8-15/h3,11-13,15H,1,4-10H2,2H3,(H,20,22). The molecule has 0 heterocycles. The fourth-order valence-electron chi connectivity index (χ4n) is 3.23. The van der Waals surface area contributed by atoms with Crippen LogP contribution >= 0.6 is 0 Å². The van der Waals surface area contributed by atoms with Gasteiger partial charge in [-0.25, -0.2) is 0 Å². The Morgan fingerprint density at radius 2 is 2.00 bits per heavy atom. The lowest BCUT2D eigenvalue weighted by Gasteiger charge is -2.21. The Labute approximate surface area is 132 Å². The van der Waals surface area contributed by atoms with Crippen LogP contribution < -0.4 is 5.32 Å². The van der Waals surface area contributed by atoms with E-state index in [2.05, 4.69) is 11.9 Å². The summed E-state index contributed by atoms with van der Waals surface area (Å²) in [5.41, 5.74) is 2.46. The van der Waals surface area contributed by atoms with E-state index in [-0.39, 0.29) is 11.7 Å². The summed E-state index contributed by atoms with van der Waals surface area (Å²) in [7, 11) is 0. The Morgan fingerprint density at radius 3 is 2.64 bits per heavy atom. The summed E-state index contributed by atoms with van der Waals surface area (Å²) in [6.45, 7) is 5.02. The van der Waals surface area contributed by atoms with Crippen molar-refractivity contribution in [3.8, 4) is 0 Å². The highest BCUT2D eigenvalue weighted by molar-refractivity contribution is 6.01. The van der Waals surface area contributed by atoms with Crippen LogP contribution in [0.15, 0.2) is 30.9 Å². The van der Waals surface area contributed by atoms with Gasteiger partial charge >= 0.3 is 0 Å². The van der Waals surface area contributed by atoms with Crippen LogP contribution in [0.5, 0.6) is 0 Å². The van der Waals surface area contributed by atoms with Gasteiger partial charge in [-0.1, -0.05) is 44.7 Å². The number of ketones is 1. The van der Waals surface area contributed by atoms with Gasteiger partial charge in [0.15, 0.2) is 5.78 Å². The summed E-state index contributed by atoms with van der Waals surface area (Å²) >= 11 is 0. The Morgan fingerprint density at radius 1 is 1.27 bits per heavy atom. The zero-order chi connectivity index (χ0) is 15.9. The number of benzene rings is 1. The number of carbonyl (C=O) groups is 2. The molecular weight excluding hydrogens is 274 g/mol. The van der Waals surface area contributed by atoms with E-state index in [0.29, 0.717) is 5.69 Å². The molecule has 0 radical (unpaired) electrons. The number of amides is 1. The lowest BCUT2D eigenvalue weighted by molar-refractivity contribution is -0.111. The normalized spacial score (nSPS) is 15.3. The highest BCUT2D eigenvalue weighted by Gasteiger charge is 2.15. The van der Waals surface area contributed by atoms with E-state index in [1.54, 1.807) is 13.0 Å². The molecule has 0 atom stereocenters. The summed E-state index contributed by atoms with van der Waals surface area (Å²) in [6, 6.07) is 5.61. The molecule has 2 rings (SSSR count). The third kappa shape index (κ3) is 4.55. The second-order valence-corrected chi connectivity index (χ2v) is 6.16. The van der Waals surface area contributed by atoms with Gasteiger partial charge in [-0.3, -0.25) is 9.59 Å². The fourth-order valence-corrected chi connectivity index (χ4v) is 3.23. The molecule has 1 aliphatic rings. The topological polar surface area (TPSA) is 46.2 Å². The zero-order valence-electron chi connectivity index (χ0n) is 13.4. The smallest absolute Gasteiger partial charge is 0.247 e. The van der Waals surface area contributed by atoms with Crippen LogP contribution in [0.25, 0.3) is 0 Å². The highest BCUT2D eigenvalue weighted by atomic mass is 16.1. The first kappa shape index (κ1) is 16.5. The van der Waals surface area contributed by atoms with E-state index < -0.39 is 0 Å². The summed E-state index contributed by atoms with van der Waals surface area (Å²) in [5.74, 6) is 0.589. The van der Waals surface area contributed by atoms with Crippen molar-refractivity contribution in [2.45, 2.75) is 51.9 Å². The van der Waals surface area contributed by atoms with Gasteiger partial charge in [0.1, 0.15) is 0 Å². The number of Topliss-reactive ketones (excluding diaryl/α,β-unsaturated/α-hetero) is 1. The molecule has 1 aromatic rings. The van der Waals surface area contributed by atoms with Crippen LogP contribution in [0.3, 0.4) is 0 Å². The molecule has 1 amide bonds. The van der Waals surface area contributed by atoms with Crippen molar-refractivity contribution in [1.29, 1.82) is 0 Å². The SMILES string of the molecule is C=CC(=O)Nc1ccc(CCC2CCCCC2)c(C(C)=O)c1. The van der Waals surface area contributed by atoms with Gasteiger partial charge in [0.2, 0.25) is 5.91 Å². The predicted molar refractivity (Wildman–Crippen MR) is 90.2 cm³/mol. The number of aryl methyl sites for hydroxylation is 1. The molecule has 1 N–H and O–H groups in total. The molecule has 118 valence electrons. The second-order valence-electron chi connectivity index (χ2n) is 6.16. The molecule has 1 aliphatic carbocycles. The maximum atomic E-state index is 11.9. The Hall–Kier alpha value is -1.90. The summed E-state index contributed by atoms with van der Waals surface area (Å²) < 4.78 is 0. The fraction of sp³-hybridized carbons (Fsp3) is 0.474.